The average molecular weight is 210 g/mol. The van der Waals surface area contributed by atoms with E-state index in [2.05, 4.69) is 24.1 Å². The van der Waals surface area contributed by atoms with E-state index in [9.17, 15) is 4.79 Å². The molecule has 0 atom stereocenters. The molecule has 0 unspecified atom stereocenters. The third kappa shape index (κ3) is 1.89. The zero-order valence-corrected chi connectivity index (χ0v) is 9.88. The molecule has 1 spiro atoms. The molecule has 1 aliphatic heterocycles. The summed E-state index contributed by atoms with van der Waals surface area (Å²) in [6.45, 7) is 6.96. The lowest BCUT2D eigenvalue weighted by atomic mass is 9.84. The molecule has 1 heterocycles. The second-order valence-electron chi connectivity index (χ2n) is 5.26. The van der Waals surface area contributed by atoms with Gasteiger partial charge in [0.25, 0.3) is 0 Å². The van der Waals surface area contributed by atoms with Gasteiger partial charge in [-0.15, -0.1) is 0 Å². The molecule has 0 aromatic heterocycles. The largest absolute Gasteiger partial charge is 0.338 e. The Kier molecular flexibility index (Phi) is 3.01. The molecule has 2 rings (SSSR count). The molecule has 1 saturated heterocycles. The number of carbonyl (C=O) groups is 1. The number of rotatable bonds is 1. The van der Waals surface area contributed by atoms with E-state index in [4.69, 9.17) is 0 Å². The molecule has 1 N–H and O–H groups in total. The summed E-state index contributed by atoms with van der Waals surface area (Å²) in [4.78, 5) is 14.6. The van der Waals surface area contributed by atoms with Gasteiger partial charge in [0.1, 0.15) is 0 Å². The average Bonchev–Trinajstić information content (AvgIpc) is 2.59. The zero-order valence-electron chi connectivity index (χ0n) is 9.88. The fourth-order valence-electron chi connectivity index (χ4n) is 2.94. The molecule has 86 valence electrons. The summed E-state index contributed by atoms with van der Waals surface area (Å²) in [5.41, 5.74) is -0.0548. The molecule has 0 radical (unpaired) electrons. The molecule has 0 aromatic rings. The van der Waals surface area contributed by atoms with E-state index in [1.165, 1.54) is 12.8 Å². The fourth-order valence-corrected chi connectivity index (χ4v) is 2.94. The van der Waals surface area contributed by atoms with Gasteiger partial charge in [0.05, 0.1) is 5.41 Å². The summed E-state index contributed by atoms with van der Waals surface area (Å²) in [7, 11) is 0. The van der Waals surface area contributed by atoms with Gasteiger partial charge < -0.3 is 10.2 Å². The van der Waals surface area contributed by atoms with Crippen molar-refractivity contribution in [1.29, 1.82) is 0 Å². The van der Waals surface area contributed by atoms with Gasteiger partial charge in [-0.05, 0) is 26.7 Å². The maximum Gasteiger partial charge on any atom is 0.230 e. The van der Waals surface area contributed by atoms with Gasteiger partial charge in [0.15, 0.2) is 0 Å². The van der Waals surface area contributed by atoms with Crippen molar-refractivity contribution in [2.24, 2.45) is 5.41 Å². The van der Waals surface area contributed by atoms with Gasteiger partial charge in [-0.25, -0.2) is 0 Å². The summed E-state index contributed by atoms with van der Waals surface area (Å²) < 4.78 is 0. The Morgan fingerprint density at radius 2 is 2.00 bits per heavy atom. The normalized spacial score (nSPS) is 26.3. The monoisotopic (exact) mass is 210 g/mol. The Bertz CT molecular complexity index is 244. The first-order valence-corrected chi connectivity index (χ1v) is 6.17. The first-order valence-electron chi connectivity index (χ1n) is 6.17. The number of amides is 1. The van der Waals surface area contributed by atoms with Gasteiger partial charge in [-0.3, -0.25) is 4.79 Å². The summed E-state index contributed by atoms with van der Waals surface area (Å²) in [6.07, 6.45) is 4.61. The molecule has 1 saturated carbocycles. The second-order valence-corrected chi connectivity index (χ2v) is 5.26. The molecular formula is C12H22N2O. The van der Waals surface area contributed by atoms with Crippen LogP contribution in [0, 0.1) is 5.41 Å². The maximum atomic E-state index is 12.5. The number of hydrogen-bond acceptors (Lipinski definition) is 2. The predicted octanol–water partition coefficient (Wildman–Crippen LogP) is 1.39. The summed E-state index contributed by atoms with van der Waals surface area (Å²) in [5, 5.41) is 3.43. The van der Waals surface area contributed by atoms with E-state index in [1.54, 1.807) is 0 Å². The molecule has 1 amide bonds. The van der Waals surface area contributed by atoms with Crippen molar-refractivity contribution < 1.29 is 4.79 Å². The minimum absolute atomic E-state index is 0.0548. The molecule has 0 bridgehead atoms. The molecule has 0 aromatic carbocycles. The molecule has 15 heavy (non-hydrogen) atoms. The van der Waals surface area contributed by atoms with E-state index in [0.29, 0.717) is 11.9 Å². The highest BCUT2D eigenvalue weighted by Crippen LogP contribution is 2.40. The van der Waals surface area contributed by atoms with Crippen LogP contribution in [-0.4, -0.2) is 36.5 Å². The highest BCUT2D eigenvalue weighted by atomic mass is 16.2. The third-order valence-electron chi connectivity index (χ3n) is 3.89. The maximum absolute atomic E-state index is 12.5. The topological polar surface area (TPSA) is 32.3 Å². The SMILES string of the molecule is CC(C)N1CCNCC2(CCCC2)C1=O. The fraction of sp³-hybridized carbons (Fsp3) is 0.917. The van der Waals surface area contributed by atoms with Crippen LogP contribution in [0.3, 0.4) is 0 Å². The van der Waals surface area contributed by atoms with Crippen LogP contribution in [0.15, 0.2) is 0 Å². The van der Waals surface area contributed by atoms with Crippen molar-refractivity contribution in [2.75, 3.05) is 19.6 Å². The highest BCUT2D eigenvalue weighted by Gasteiger charge is 2.44. The van der Waals surface area contributed by atoms with E-state index in [0.717, 1.165) is 32.5 Å². The smallest absolute Gasteiger partial charge is 0.230 e. The summed E-state index contributed by atoms with van der Waals surface area (Å²) in [5.74, 6) is 0.403. The van der Waals surface area contributed by atoms with Crippen LogP contribution in [0.2, 0.25) is 0 Å². The minimum Gasteiger partial charge on any atom is -0.338 e. The van der Waals surface area contributed by atoms with E-state index >= 15 is 0 Å². The highest BCUT2D eigenvalue weighted by molar-refractivity contribution is 5.84. The first kappa shape index (κ1) is 10.9. The Labute approximate surface area is 92.2 Å². The Morgan fingerprint density at radius 3 is 2.60 bits per heavy atom. The van der Waals surface area contributed by atoms with Crippen LogP contribution in [0.1, 0.15) is 39.5 Å². The predicted molar refractivity (Wildman–Crippen MR) is 60.6 cm³/mol. The molecule has 2 aliphatic rings. The van der Waals surface area contributed by atoms with Crippen LogP contribution in [0.25, 0.3) is 0 Å². The number of hydrogen-bond donors (Lipinski definition) is 1. The van der Waals surface area contributed by atoms with Crippen molar-refractivity contribution in [2.45, 2.75) is 45.6 Å². The number of nitrogens with one attached hydrogen (secondary N) is 1. The van der Waals surface area contributed by atoms with Gasteiger partial charge in [0, 0.05) is 25.7 Å². The van der Waals surface area contributed by atoms with Crippen LogP contribution < -0.4 is 5.32 Å². The van der Waals surface area contributed by atoms with Gasteiger partial charge >= 0.3 is 0 Å². The van der Waals surface area contributed by atoms with E-state index in [-0.39, 0.29) is 5.41 Å². The van der Waals surface area contributed by atoms with E-state index in [1.807, 2.05) is 0 Å². The second kappa shape index (κ2) is 4.12. The number of carbonyl (C=O) groups excluding carboxylic acids is 1. The van der Waals surface area contributed by atoms with Crippen LogP contribution >= 0.6 is 0 Å². The molecule has 1 aliphatic carbocycles. The summed E-state index contributed by atoms with van der Waals surface area (Å²) in [6, 6.07) is 0.342. The minimum atomic E-state index is -0.0548. The van der Waals surface area contributed by atoms with Crippen molar-refractivity contribution in [3.05, 3.63) is 0 Å². The van der Waals surface area contributed by atoms with Crippen molar-refractivity contribution in [1.82, 2.24) is 10.2 Å². The Morgan fingerprint density at radius 1 is 1.33 bits per heavy atom. The van der Waals surface area contributed by atoms with Gasteiger partial charge in [-0.2, -0.15) is 0 Å². The van der Waals surface area contributed by atoms with E-state index < -0.39 is 0 Å². The van der Waals surface area contributed by atoms with Gasteiger partial charge in [0.2, 0.25) is 5.91 Å². The lowest BCUT2D eigenvalue weighted by molar-refractivity contribution is -0.142. The zero-order chi connectivity index (χ0) is 10.9. The van der Waals surface area contributed by atoms with Crippen molar-refractivity contribution >= 4 is 5.91 Å². The standard InChI is InChI=1S/C12H22N2O/c1-10(2)14-8-7-13-9-12(11(14)15)5-3-4-6-12/h10,13H,3-9H2,1-2H3. The van der Waals surface area contributed by atoms with Crippen LogP contribution in [-0.2, 0) is 4.79 Å². The lowest BCUT2D eigenvalue weighted by Gasteiger charge is -2.33. The molecular weight excluding hydrogens is 188 g/mol. The van der Waals surface area contributed by atoms with Crippen molar-refractivity contribution in [3.8, 4) is 0 Å². The Hall–Kier alpha value is -0.570. The molecule has 3 nitrogen and oxygen atoms in total. The lowest BCUT2D eigenvalue weighted by Crippen LogP contribution is -2.46. The van der Waals surface area contributed by atoms with Crippen LogP contribution in [0.4, 0.5) is 0 Å². The first-order chi connectivity index (χ1) is 7.16. The molecule has 2 fully saturated rings. The summed E-state index contributed by atoms with van der Waals surface area (Å²) >= 11 is 0. The molecule has 3 heteroatoms. The van der Waals surface area contributed by atoms with Crippen LogP contribution in [0.5, 0.6) is 0 Å². The number of nitrogens with zero attached hydrogens (tertiary/aromatic N) is 1. The quantitative estimate of drug-likeness (QED) is 0.709. The third-order valence-corrected chi connectivity index (χ3v) is 3.89. The van der Waals surface area contributed by atoms with Gasteiger partial charge in [-0.1, -0.05) is 12.8 Å². The van der Waals surface area contributed by atoms with Crippen molar-refractivity contribution in [3.63, 3.8) is 0 Å². The Balaban J connectivity index is 2.20.